The molecule has 48 heavy (non-hydrogen) atoms. The first-order valence-corrected chi connectivity index (χ1v) is 16.9. The Morgan fingerprint density at radius 2 is 1.85 bits per heavy atom. The molecule has 2 aromatic carbocycles. The zero-order valence-corrected chi connectivity index (χ0v) is 27.9. The van der Waals surface area contributed by atoms with Gasteiger partial charge in [0.15, 0.2) is 5.82 Å². The summed E-state index contributed by atoms with van der Waals surface area (Å²) in [6, 6.07) is 17.0. The highest BCUT2D eigenvalue weighted by molar-refractivity contribution is 6.08. The number of phenols is 1. The third-order valence-electron chi connectivity index (χ3n) is 10.7. The topological polar surface area (TPSA) is 126 Å². The van der Waals surface area contributed by atoms with E-state index < -0.39 is 0 Å². The molecular weight excluding hydrogens is 602 g/mol. The van der Waals surface area contributed by atoms with Gasteiger partial charge in [0.1, 0.15) is 28.1 Å². The quantitative estimate of drug-likeness (QED) is 0.242. The standard InChI is InChI=1S/C37H41N9O2/c1-43(2)23-19-45(20-23)37-34-36(46(35-22-15-30(35)39-18-22)31(42-34)11-12-32(48)44(3)4)33-29(41-37)17-27(28(40-33)10-7-13-38)26-16-24(47)14-21-8-5-6-9-25(21)26/h5-6,8-9,14,16-17,22-23,30,35,39,47H,7,10-12,15,18-20H2,1-4H3. The van der Waals surface area contributed by atoms with Gasteiger partial charge in [0.2, 0.25) is 5.91 Å². The number of phenolic OH excluding ortho intramolecular Hbond substituents is 1. The molecule has 11 heteroatoms. The summed E-state index contributed by atoms with van der Waals surface area (Å²) < 4.78 is 2.39. The first kappa shape index (κ1) is 30.5. The number of aromatic nitrogens is 4. The first-order chi connectivity index (χ1) is 23.2. The van der Waals surface area contributed by atoms with Crippen molar-refractivity contribution in [2.75, 3.05) is 52.7 Å². The number of anilines is 1. The maximum atomic E-state index is 12.8. The van der Waals surface area contributed by atoms with Crippen molar-refractivity contribution >= 4 is 44.6 Å². The number of nitriles is 1. The number of imidazole rings is 1. The summed E-state index contributed by atoms with van der Waals surface area (Å²) in [4.78, 5) is 35.0. The molecule has 3 saturated heterocycles. The molecule has 6 heterocycles. The smallest absolute Gasteiger partial charge is 0.222 e. The molecule has 246 valence electrons. The number of carbonyl (C=O) groups is 1. The lowest BCUT2D eigenvalue weighted by Crippen LogP contribution is -2.57. The van der Waals surface area contributed by atoms with E-state index in [-0.39, 0.29) is 17.7 Å². The molecule has 1 aliphatic carbocycles. The molecule has 3 aliphatic heterocycles. The summed E-state index contributed by atoms with van der Waals surface area (Å²) >= 11 is 0. The van der Waals surface area contributed by atoms with Gasteiger partial charge >= 0.3 is 0 Å². The minimum Gasteiger partial charge on any atom is -0.508 e. The number of likely N-dealkylation sites (N-methyl/N-ethyl adjacent to an activating group) is 1. The molecule has 3 atom stereocenters. The Labute approximate surface area is 279 Å². The summed E-state index contributed by atoms with van der Waals surface area (Å²) in [7, 11) is 7.81. The van der Waals surface area contributed by atoms with E-state index >= 15 is 0 Å². The van der Waals surface area contributed by atoms with Crippen molar-refractivity contribution in [1.29, 1.82) is 5.26 Å². The number of fused-ring (bicyclic) bond motifs is 5. The van der Waals surface area contributed by atoms with Crippen LogP contribution in [0, 0.1) is 17.2 Å². The van der Waals surface area contributed by atoms with Gasteiger partial charge < -0.3 is 29.7 Å². The Balaban J connectivity index is 1.40. The lowest BCUT2D eigenvalue weighted by molar-refractivity contribution is -0.128. The van der Waals surface area contributed by atoms with Crippen LogP contribution in [-0.2, 0) is 17.6 Å². The molecule has 1 saturated carbocycles. The van der Waals surface area contributed by atoms with Crippen LogP contribution < -0.4 is 10.2 Å². The number of rotatable bonds is 9. The summed E-state index contributed by atoms with van der Waals surface area (Å²) in [5.41, 5.74) is 5.83. The van der Waals surface area contributed by atoms with Crippen molar-refractivity contribution in [2.24, 2.45) is 5.92 Å². The van der Waals surface area contributed by atoms with Crippen LogP contribution in [0.5, 0.6) is 5.75 Å². The number of carbonyl (C=O) groups excluding carboxylic acids is 1. The molecule has 2 N–H and O–H groups in total. The molecule has 11 nitrogen and oxygen atoms in total. The van der Waals surface area contributed by atoms with Gasteiger partial charge in [-0.15, -0.1) is 0 Å². The van der Waals surface area contributed by atoms with Gasteiger partial charge in [-0.25, -0.2) is 15.0 Å². The molecule has 0 spiro atoms. The molecule has 3 aromatic heterocycles. The minimum atomic E-state index is 0.0722. The summed E-state index contributed by atoms with van der Waals surface area (Å²) in [6.07, 6.45) is 2.79. The lowest BCUT2D eigenvalue weighted by atomic mass is 9.79. The van der Waals surface area contributed by atoms with E-state index in [0.717, 1.165) is 87.4 Å². The largest absolute Gasteiger partial charge is 0.508 e. The third kappa shape index (κ3) is 4.93. The van der Waals surface area contributed by atoms with E-state index in [1.165, 1.54) is 0 Å². The number of aromatic hydroxyl groups is 1. The molecule has 1 amide bonds. The second-order valence-electron chi connectivity index (χ2n) is 14.1. The molecule has 3 unspecified atom stereocenters. The second-order valence-corrected chi connectivity index (χ2v) is 14.1. The zero-order chi connectivity index (χ0) is 33.3. The molecule has 9 rings (SSSR count). The average Bonchev–Trinajstić information content (AvgIpc) is 3.77. The van der Waals surface area contributed by atoms with E-state index in [2.05, 4.69) is 52.0 Å². The first-order valence-electron chi connectivity index (χ1n) is 16.9. The molecular formula is C37H41N9O2. The fraction of sp³-hybridized carbons (Fsp3) is 0.432. The number of nitrogens with one attached hydrogen (secondary N) is 1. The van der Waals surface area contributed by atoms with Gasteiger partial charge in [-0.1, -0.05) is 24.3 Å². The Hall–Kier alpha value is -4.79. The van der Waals surface area contributed by atoms with E-state index in [1.807, 2.05) is 18.2 Å². The van der Waals surface area contributed by atoms with Crippen LogP contribution in [-0.4, -0.2) is 100 Å². The average molecular weight is 644 g/mol. The van der Waals surface area contributed by atoms with E-state index in [4.69, 9.17) is 15.0 Å². The van der Waals surface area contributed by atoms with Crippen molar-refractivity contribution in [3.8, 4) is 22.9 Å². The van der Waals surface area contributed by atoms with Crippen LogP contribution in [0.1, 0.15) is 36.8 Å². The van der Waals surface area contributed by atoms with Crippen LogP contribution in [0.15, 0.2) is 42.5 Å². The summed E-state index contributed by atoms with van der Waals surface area (Å²) in [5, 5.41) is 26.1. The maximum Gasteiger partial charge on any atom is 0.222 e. The highest BCUT2D eigenvalue weighted by Gasteiger charge is 2.49. The van der Waals surface area contributed by atoms with Crippen LogP contribution in [0.4, 0.5) is 5.82 Å². The van der Waals surface area contributed by atoms with Gasteiger partial charge in [-0.05, 0) is 61.0 Å². The molecule has 2 bridgehead atoms. The van der Waals surface area contributed by atoms with Crippen LogP contribution >= 0.6 is 0 Å². The summed E-state index contributed by atoms with van der Waals surface area (Å²) in [6.45, 7) is 2.65. The highest BCUT2D eigenvalue weighted by Crippen LogP contribution is 2.48. The highest BCUT2D eigenvalue weighted by atomic mass is 16.3. The van der Waals surface area contributed by atoms with E-state index in [9.17, 15) is 15.2 Å². The maximum absolute atomic E-state index is 12.8. The number of nitrogens with zero attached hydrogens (tertiary/aromatic N) is 8. The molecule has 0 radical (unpaired) electrons. The number of hydrogen-bond acceptors (Lipinski definition) is 9. The van der Waals surface area contributed by atoms with Crippen molar-refractivity contribution < 1.29 is 9.90 Å². The third-order valence-corrected chi connectivity index (χ3v) is 10.7. The predicted molar refractivity (Wildman–Crippen MR) is 187 cm³/mol. The monoisotopic (exact) mass is 643 g/mol. The Morgan fingerprint density at radius 3 is 2.56 bits per heavy atom. The SMILES string of the molecule is CN(C)C(=O)CCc1nc2c(N3CC(N(C)C)C3)nc3cc(-c4cc(O)cc5ccccc45)c(CCC#N)nc3c2n1C1C2CNC1C2. The molecule has 4 aliphatic rings. The number of amides is 1. The van der Waals surface area contributed by atoms with Crippen LogP contribution in [0.2, 0.25) is 0 Å². The number of hydrogen-bond donors (Lipinski definition) is 2. The van der Waals surface area contributed by atoms with Gasteiger partial charge in [-0.2, -0.15) is 5.26 Å². The lowest BCUT2D eigenvalue weighted by Gasteiger charge is -2.43. The minimum absolute atomic E-state index is 0.0722. The van der Waals surface area contributed by atoms with Gasteiger partial charge in [-0.3, -0.25) is 4.79 Å². The van der Waals surface area contributed by atoms with E-state index in [1.54, 1.807) is 31.1 Å². The van der Waals surface area contributed by atoms with E-state index in [0.29, 0.717) is 43.7 Å². The van der Waals surface area contributed by atoms with Crippen LogP contribution in [0.3, 0.4) is 0 Å². The zero-order valence-electron chi connectivity index (χ0n) is 27.9. The molecule has 5 aromatic rings. The van der Waals surface area contributed by atoms with Crippen molar-refractivity contribution in [3.05, 3.63) is 54.0 Å². The van der Waals surface area contributed by atoms with Crippen molar-refractivity contribution in [3.63, 3.8) is 0 Å². The normalized spacial score (nSPS) is 20.4. The van der Waals surface area contributed by atoms with Gasteiger partial charge in [0, 0.05) is 77.1 Å². The Bertz CT molecular complexity index is 2110. The molecule has 4 fully saturated rings. The van der Waals surface area contributed by atoms with Gasteiger partial charge in [0.05, 0.1) is 23.3 Å². The summed E-state index contributed by atoms with van der Waals surface area (Å²) in [5.74, 6) is 2.47. The number of benzene rings is 2. The fourth-order valence-electron chi connectivity index (χ4n) is 7.90. The Kier molecular flexibility index (Phi) is 7.46. The van der Waals surface area contributed by atoms with Crippen LogP contribution in [0.25, 0.3) is 44.0 Å². The predicted octanol–water partition coefficient (Wildman–Crippen LogP) is 4.27. The van der Waals surface area contributed by atoms with Crippen molar-refractivity contribution in [2.45, 2.75) is 50.2 Å². The van der Waals surface area contributed by atoms with Crippen molar-refractivity contribution in [1.82, 2.24) is 34.6 Å². The number of pyridine rings is 2. The van der Waals surface area contributed by atoms with Gasteiger partial charge in [0.25, 0.3) is 0 Å². The Morgan fingerprint density at radius 1 is 1.04 bits per heavy atom. The number of aryl methyl sites for hydroxylation is 2. The fourth-order valence-corrected chi connectivity index (χ4v) is 7.90. The second kappa shape index (κ2) is 11.7.